The lowest BCUT2D eigenvalue weighted by atomic mass is 10.2. The van der Waals surface area contributed by atoms with Crippen molar-refractivity contribution in [2.75, 3.05) is 20.3 Å². The fourth-order valence-electron chi connectivity index (χ4n) is 1.90. The fourth-order valence-corrected chi connectivity index (χ4v) is 1.90. The molecule has 6 heteroatoms. The summed E-state index contributed by atoms with van der Waals surface area (Å²) in [6.45, 7) is 2.25. The molecule has 0 aromatic carbocycles. The quantitative estimate of drug-likeness (QED) is 0.682. The highest BCUT2D eigenvalue weighted by Gasteiger charge is 2.34. The number of hydrogen-bond acceptors (Lipinski definition) is 3. The van der Waals surface area contributed by atoms with Gasteiger partial charge in [0.15, 0.2) is 0 Å². The van der Waals surface area contributed by atoms with Gasteiger partial charge in [-0.25, -0.2) is 4.79 Å². The summed E-state index contributed by atoms with van der Waals surface area (Å²) < 4.78 is 5.04. The molecule has 0 aromatic heterocycles. The molecule has 0 aromatic rings. The molecule has 1 unspecified atom stereocenters. The van der Waals surface area contributed by atoms with Crippen molar-refractivity contribution >= 4 is 12.0 Å². The molecule has 1 aliphatic carbocycles. The number of methoxy groups -OCH3 is 1. The number of aliphatic carboxylic acids is 1. The van der Waals surface area contributed by atoms with Gasteiger partial charge < -0.3 is 20.1 Å². The van der Waals surface area contributed by atoms with Crippen LogP contribution in [0.25, 0.3) is 0 Å². The predicted molar refractivity (Wildman–Crippen MR) is 66.5 cm³/mol. The van der Waals surface area contributed by atoms with Crippen molar-refractivity contribution in [1.29, 1.82) is 0 Å². The number of hydrogen-bond donors (Lipinski definition) is 2. The fraction of sp³-hybridized carbons (Fsp3) is 0.833. The van der Waals surface area contributed by atoms with E-state index in [4.69, 9.17) is 9.84 Å². The van der Waals surface area contributed by atoms with Crippen molar-refractivity contribution < 1.29 is 19.4 Å². The van der Waals surface area contributed by atoms with Gasteiger partial charge in [-0.05, 0) is 19.3 Å². The highest BCUT2D eigenvalue weighted by Crippen LogP contribution is 2.26. The lowest BCUT2D eigenvalue weighted by Crippen LogP contribution is -2.49. The zero-order valence-corrected chi connectivity index (χ0v) is 11.0. The van der Waals surface area contributed by atoms with E-state index >= 15 is 0 Å². The first-order chi connectivity index (χ1) is 8.58. The Bertz CT molecular complexity index is 286. The lowest BCUT2D eigenvalue weighted by molar-refractivity contribution is -0.137. The van der Waals surface area contributed by atoms with Crippen LogP contribution in [-0.4, -0.2) is 54.4 Å². The molecule has 1 atom stereocenters. The number of carboxylic acids is 1. The van der Waals surface area contributed by atoms with E-state index in [9.17, 15) is 9.59 Å². The molecule has 0 bridgehead atoms. The molecule has 0 saturated heterocycles. The maximum atomic E-state index is 12.0. The minimum Gasteiger partial charge on any atom is -0.480 e. The van der Waals surface area contributed by atoms with E-state index in [1.54, 1.807) is 7.11 Å². The number of carboxylic acid groups (broad SMARTS) is 1. The third-order valence-electron chi connectivity index (χ3n) is 2.89. The van der Waals surface area contributed by atoms with Crippen LogP contribution in [0.5, 0.6) is 0 Å². The Kier molecular flexibility index (Phi) is 5.91. The van der Waals surface area contributed by atoms with Crippen LogP contribution in [0.4, 0.5) is 4.79 Å². The molecule has 6 nitrogen and oxygen atoms in total. The zero-order chi connectivity index (χ0) is 13.5. The molecule has 1 saturated carbocycles. The Balaban J connectivity index is 2.50. The molecular weight excluding hydrogens is 236 g/mol. The summed E-state index contributed by atoms with van der Waals surface area (Å²) in [5.74, 6) is -0.976. The predicted octanol–water partition coefficient (Wildman–Crippen LogP) is 1.06. The van der Waals surface area contributed by atoms with Crippen LogP contribution in [0.3, 0.4) is 0 Å². The molecule has 0 spiro atoms. The van der Waals surface area contributed by atoms with Gasteiger partial charge in [0.05, 0.1) is 12.6 Å². The molecule has 1 rings (SSSR count). The standard InChI is InChI=1S/C12H22N2O4/c1-3-4-9(8-18-2)13-12(17)14(7-11(15)16)10-5-6-10/h9-10H,3-8H2,1-2H3,(H,13,17)(H,15,16). The third kappa shape index (κ3) is 4.91. The van der Waals surface area contributed by atoms with Crippen molar-refractivity contribution in [2.24, 2.45) is 0 Å². The van der Waals surface area contributed by atoms with E-state index in [1.165, 1.54) is 4.90 Å². The number of rotatable bonds is 8. The molecular formula is C12H22N2O4. The third-order valence-corrected chi connectivity index (χ3v) is 2.89. The number of carbonyl (C=O) groups is 2. The van der Waals surface area contributed by atoms with Crippen molar-refractivity contribution in [3.8, 4) is 0 Å². The molecule has 0 heterocycles. The second-order valence-corrected chi connectivity index (χ2v) is 4.64. The molecule has 1 fully saturated rings. The summed E-state index contributed by atoms with van der Waals surface area (Å²) in [6.07, 6.45) is 3.55. The Labute approximate surface area is 107 Å². The SMILES string of the molecule is CCCC(COC)NC(=O)N(CC(=O)O)C1CC1. The summed E-state index contributed by atoms with van der Waals surface area (Å²) >= 11 is 0. The van der Waals surface area contributed by atoms with E-state index in [2.05, 4.69) is 5.32 Å². The highest BCUT2D eigenvalue weighted by molar-refractivity contribution is 5.80. The van der Waals surface area contributed by atoms with Gasteiger partial charge in [0.1, 0.15) is 6.54 Å². The molecule has 2 amide bonds. The van der Waals surface area contributed by atoms with Gasteiger partial charge in [-0.3, -0.25) is 4.79 Å². The smallest absolute Gasteiger partial charge is 0.323 e. The van der Waals surface area contributed by atoms with Crippen molar-refractivity contribution in [2.45, 2.75) is 44.7 Å². The van der Waals surface area contributed by atoms with Crippen molar-refractivity contribution in [1.82, 2.24) is 10.2 Å². The van der Waals surface area contributed by atoms with Crippen LogP contribution in [-0.2, 0) is 9.53 Å². The maximum Gasteiger partial charge on any atom is 0.323 e. The molecule has 0 radical (unpaired) electrons. The molecule has 2 N–H and O–H groups in total. The van der Waals surface area contributed by atoms with Crippen LogP contribution < -0.4 is 5.32 Å². The van der Waals surface area contributed by atoms with Gasteiger partial charge in [0.2, 0.25) is 0 Å². The van der Waals surface area contributed by atoms with Crippen LogP contribution in [0.1, 0.15) is 32.6 Å². The number of amides is 2. The number of nitrogens with one attached hydrogen (secondary N) is 1. The average molecular weight is 258 g/mol. The Morgan fingerprint density at radius 2 is 2.17 bits per heavy atom. The summed E-state index contributed by atoms with van der Waals surface area (Å²) in [5.41, 5.74) is 0. The summed E-state index contributed by atoms with van der Waals surface area (Å²) in [6, 6.07) is -0.260. The zero-order valence-electron chi connectivity index (χ0n) is 11.0. The van der Waals surface area contributed by atoms with Gasteiger partial charge in [-0.1, -0.05) is 13.3 Å². The van der Waals surface area contributed by atoms with E-state index in [-0.39, 0.29) is 24.7 Å². The summed E-state index contributed by atoms with van der Waals surface area (Å²) in [7, 11) is 1.59. The number of carbonyl (C=O) groups excluding carboxylic acids is 1. The van der Waals surface area contributed by atoms with Crippen LogP contribution in [0, 0.1) is 0 Å². The van der Waals surface area contributed by atoms with E-state index in [0.29, 0.717) is 6.61 Å². The van der Waals surface area contributed by atoms with Crippen LogP contribution in [0.15, 0.2) is 0 Å². The summed E-state index contributed by atoms with van der Waals surface area (Å²) in [4.78, 5) is 24.2. The summed E-state index contributed by atoms with van der Waals surface area (Å²) in [5, 5.41) is 11.6. The van der Waals surface area contributed by atoms with E-state index in [1.807, 2.05) is 6.92 Å². The minimum atomic E-state index is -0.976. The Morgan fingerprint density at radius 1 is 1.50 bits per heavy atom. The first-order valence-corrected chi connectivity index (χ1v) is 6.36. The molecule has 1 aliphatic rings. The van der Waals surface area contributed by atoms with Gasteiger partial charge >= 0.3 is 12.0 Å². The van der Waals surface area contributed by atoms with Gasteiger partial charge in [0, 0.05) is 13.2 Å². The second kappa shape index (κ2) is 7.20. The van der Waals surface area contributed by atoms with Gasteiger partial charge in [0.25, 0.3) is 0 Å². The van der Waals surface area contributed by atoms with Crippen molar-refractivity contribution in [3.05, 3.63) is 0 Å². The van der Waals surface area contributed by atoms with Gasteiger partial charge in [-0.15, -0.1) is 0 Å². The van der Waals surface area contributed by atoms with Crippen molar-refractivity contribution in [3.63, 3.8) is 0 Å². The monoisotopic (exact) mass is 258 g/mol. The first-order valence-electron chi connectivity index (χ1n) is 6.36. The Hall–Kier alpha value is -1.30. The lowest BCUT2D eigenvalue weighted by Gasteiger charge is -2.24. The largest absolute Gasteiger partial charge is 0.480 e. The van der Waals surface area contributed by atoms with E-state index in [0.717, 1.165) is 25.7 Å². The first kappa shape index (κ1) is 14.8. The molecule has 0 aliphatic heterocycles. The Morgan fingerprint density at radius 3 is 2.61 bits per heavy atom. The van der Waals surface area contributed by atoms with E-state index < -0.39 is 5.97 Å². The second-order valence-electron chi connectivity index (χ2n) is 4.64. The minimum absolute atomic E-state index is 0.0532. The number of urea groups is 1. The highest BCUT2D eigenvalue weighted by atomic mass is 16.5. The van der Waals surface area contributed by atoms with Crippen LogP contribution in [0.2, 0.25) is 0 Å². The number of ether oxygens (including phenoxy) is 1. The molecule has 104 valence electrons. The number of nitrogens with zero attached hydrogens (tertiary/aromatic N) is 1. The maximum absolute atomic E-state index is 12.0. The topological polar surface area (TPSA) is 78.9 Å². The van der Waals surface area contributed by atoms with Gasteiger partial charge in [-0.2, -0.15) is 0 Å². The normalized spacial score (nSPS) is 16.1. The average Bonchev–Trinajstić information content (AvgIpc) is 3.10. The molecule has 18 heavy (non-hydrogen) atoms. The van der Waals surface area contributed by atoms with Crippen LogP contribution >= 0.6 is 0 Å².